The summed E-state index contributed by atoms with van der Waals surface area (Å²) in [6.45, 7) is 1.76. The number of aromatic nitrogens is 2. The van der Waals surface area contributed by atoms with Crippen molar-refractivity contribution in [3.05, 3.63) is 71.0 Å². The van der Waals surface area contributed by atoms with Crippen LogP contribution in [0.15, 0.2) is 59.8 Å². The molecule has 6 heteroatoms. The molecule has 0 aliphatic heterocycles. The van der Waals surface area contributed by atoms with E-state index in [1.807, 2.05) is 24.3 Å². The van der Waals surface area contributed by atoms with E-state index in [0.29, 0.717) is 22.0 Å². The Morgan fingerprint density at radius 2 is 1.78 bits per heavy atom. The van der Waals surface area contributed by atoms with Gasteiger partial charge in [0.05, 0.1) is 22.9 Å². The smallest absolute Gasteiger partial charge is 0.267 e. The lowest BCUT2D eigenvalue weighted by Gasteiger charge is -2.04. The monoisotopic (exact) mass is 324 g/mol. The first-order valence-electron chi connectivity index (χ1n) is 6.96. The summed E-state index contributed by atoms with van der Waals surface area (Å²) in [4.78, 5) is 20.8. The van der Waals surface area contributed by atoms with E-state index in [1.54, 1.807) is 37.4 Å². The third-order valence-corrected chi connectivity index (χ3v) is 3.50. The Labute approximate surface area is 138 Å². The predicted molar refractivity (Wildman–Crippen MR) is 90.7 cm³/mol. The molecule has 0 unspecified atom stereocenters. The molecule has 0 spiro atoms. The van der Waals surface area contributed by atoms with Crippen LogP contribution in [0.2, 0.25) is 5.02 Å². The lowest BCUT2D eigenvalue weighted by atomic mass is 10.2. The number of nitrogens with zero attached hydrogens (tertiary/aromatic N) is 3. The minimum absolute atomic E-state index is 0.310. The topological polar surface area (TPSA) is 67.2 Å². The number of rotatable bonds is 3. The van der Waals surface area contributed by atoms with Gasteiger partial charge in [-0.15, -0.1) is 0 Å². The largest absolute Gasteiger partial charge is 0.271 e. The Kier molecular flexibility index (Phi) is 4.30. The lowest BCUT2D eigenvalue weighted by Crippen LogP contribution is -2.19. The highest BCUT2D eigenvalue weighted by molar-refractivity contribution is 6.30. The number of carbonyl (C=O) groups is 1. The number of hydrazone groups is 1. The Morgan fingerprint density at radius 1 is 1.09 bits per heavy atom. The molecular formula is C17H13ClN4O. The summed E-state index contributed by atoms with van der Waals surface area (Å²) >= 11 is 5.80. The van der Waals surface area contributed by atoms with Crippen molar-refractivity contribution in [2.24, 2.45) is 5.10 Å². The van der Waals surface area contributed by atoms with Gasteiger partial charge in [-0.05, 0) is 43.3 Å². The molecule has 3 aromatic rings. The summed E-state index contributed by atoms with van der Waals surface area (Å²) in [6, 6.07) is 14.2. The van der Waals surface area contributed by atoms with E-state index in [9.17, 15) is 4.79 Å². The highest BCUT2D eigenvalue weighted by Gasteiger charge is 2.06. The van der Waals surface area contributed by atoms with E-state index in [4.69, 9.17) is 11.6 Å². The van der Waals surface area contributed by atoms with Gasteiger partial charge in [-0.1, -0.05) is 23.7 Å². The third-order valence-electron chi connectivity index (χ3n) is 3.25. The van der Waals surface area contributed by atoms with Crippen LogP contribution >= 0.6 is 11.6 Å². The maximum absolute atomic E-state index is 12.0. The van der Waals surface area contributed by atoms with Crippen LogP contribution < -0.4 is 5.43 Å². The Morgan fingerprint density at radius 3 is 2.52 bits per heavy atom. The van der Waals surface area contributed by atoms with Crippen molar-refractivity contribution in [1.82, 2.24) is 15.4 Å². The molecule has 0 radical (unpaired) electrons. The predicted octanol–water partition coefficient (Wildman–Crippen LogP) is 3.44. The van der Waals surface area contributed by atoms with Crippen molar-refractivity contribution in [3.8, 4) is 0 Å². The fourth-order valence-electron chi connectivity index (χ4n) is 1.99. The molecule has 1 amide bonds. The molecule has 114 valence electrons. The number of hydrogen-bond donors (Lipinski definition) is 1. The van der Waals surface area contributed by atoms with Gasteiger partial charge >= 0.3 is 0 Å². The molecule has 23 heavy (non-hydrogen) atoms. The van der Waals surface area contributed by atoms with Crippen molar-refractivity contribution in [3.63, 3.8) is 0 Å². The number of halogens is 1. The number of amides is 1. The number of para-hydroxylation sites is 2. The minimum Gasteiger partial charge on any atom is -0.267 e. The highest BCUT2D eigenvalue weighted by Crippen LogP contribution is 2.10. The molecule has 5 nitrogen and oxygen atoms in total. The van der Waals surface area contributed by atoms with Crippen molar-refractivity contribution in [1.29, 1.82) is 0 Å². The lowest BCUT2D eigenvalue weighted by molar-refractivity contribution is 0.0955. The minimum atomic E-state index is -0.310. The van der Waals surface area contributed by atoms with Gasteiger partial charge in [0.1, 0.15) is 5.69 Å². The standard InChI is InChI=1S/C17H13ClN4O/c1-11(16-10-19-14-4-2-3-5-15(14)20-16)21-22-17(23)12-6-8-13(18)9-7-12/h2-10H,1H3,(H,22,23)/b21-11+. The van der Waals surface area contributed by atoms with Gasteiger partial charge in [0.15, 0.2) is 0 Å². The number of benzene rings is 2. The van der Waals surface area contributed by atoms with Gasteiger partial charge in [0.25, 0.3) is 5.91 Å². The molecule has 0 atom stereocenters. The Bertz CT molecular complexity index is 890. The third kappa shape index (κ3) is 3.52. The van der Waals surface area contributed by atoms with Crippen LogP contribution in [-0.2, 0) is 0 Å². The molecule has 0 bridgehead atoms. The molecule has 0 saturated carbocycles. The zero-order valence-electron chi connectivity index (χ0n) is 12.3. The van der Waals surface area contributed by atoms with Crippen LogP contribution in [0.25, 0.3) is 11.0 Å². The first-order chi connectivity index (χ1) is 11.1. The Hall–Kier alpha value is -2.79. The van der Waals surface area contributed by atoms with Gasteiger partial charge in [-0.3, -0.25) is 9.78 Å². The second-order valence-electron chi connectivity index (χ2n) is 4.89. The van der Waals surface area contributed by atoms with Crippen LogP contribution in [0.5, 0.6) is 0 Å². The van der Waals surface area contributed by atoms with E-state index in [1.165, 1.54) is 0 Å². The molecule has 1 N–H and O–H groups in total. The fraction of sp³-hybridized carbons (Fsp3) is 0.0588. The molecule has 1 heterocycles. The second-order valence-corrected chi connectivity index (χ2v) is 5.33. The van der Waals surface area contributed by atoms with Crippen molar-refractivity contribution < 1.29 is 4.79 Å². The quantitative estimate of drug-likeness (QED) is 0.593. The molecule has 0 fully saturated rings. The molecule has 2 aromatic carbocycles. The zero-order chi connectivity index (χ0) is 16.2. The van der Waals surface area contributed by atoms with Crippen LogP contribution in [0.1, 0.15) is 23.0 Å². The summed E-state index contributed by atoms with van der Waals surface area (Å²) in [7, 11) is 0. The second kappa shape index (κ2) is 6.54. The maximum atomic E-state index is 12.0. The number of hydrogen-bond acceptors (Lipinski definition) is 4. The SMILES string of the molecule is C/C(=N\NC(=O)c1ccc(Cl)cc1)c1cnc2ccccc2n1. The number of nitrogens with one attached hydrogen (secondary N) is 1. The van der Waals surface area contributed by atoms with Crippen LogP contribution in [0.4, 0.5) is 0 Å². The first-order valence-corrected chi connectivity index (χ1v) is 7.33. The van der Waals surface area contributed by atoms with Gasteiger partial charge < -0.3 is 0 Å². The Balaban J connectivity index is 1.78. The van der Waals surface area contributed by atoms with E-state index < -0.39 is 0 Å². The van der Waals surface area contributed by atoms with Crippen molar-refractivity contribution >= 4 is 34.3 Å². The molecule has 0 aliphatic rings. The number of carbonyl (C=O) groups excluding carboxylic acids is 1. The van der Waals surface area contributed by atoms with Gasteiger partial charge in [-0.25, -0.2) is 10.4 Å². The van der Waals surface area contributed by atoms with E-state index in [0.717, 1.165) is 11.0 Å². The highest BCUT2D eigenvalue weighted by atomic mass is 35.5. The summed E-state index contributed by atoms with van der Waals surface area (Å²) in [5, 5.41) is 4.66. The van der Waals surface area contributed by atoms with E-state index in [2.05, 4.69) is 20.5 Å². The van der Waals surface area contributed by atoms with Crippen molar-refractivity contribution in [2.75, 3.05) is 0 Å². The summed E-state index contributed by atoms with van der Waals surface area (Å²) in [5.74, 6) is -0.310. The molecule has 0 aliphatic carbocycles. The normalized spacial score (nSPS) is 11.5. The van der Waals surface area contributed by atoms with Crippen LogP contribution in [-0.4, -0.2) is 21.6 Å². The first kappa shape index (κ1) is 15.1. The van der Waals surface area contributed by atoms with E-state index >= 15 is 0 Å². The van der Waals surface area contributed by atoms with Gasteiger partial charge in [0.2, 0.25) is 0 Å². The molecular weight excluding hydrogens is 312 g/mol. The summed E-state index contributed by atoms with van der Waals surface area (Å²) in [6.07, 6.45) is 1.63. The summed E-state index contributed by atoms with van der Waals surface area (Å²) in [5.41, 5.74) is 5.77. The summed E-state index contributed by atoms with van der Waals surface area (Å²) < 4.78 is 0. The molecule has 0 saturated heterocycles. The average Bonchev–Trinajstić information content (AvgIpc) is 2.59. The molecule has 3 rings (SSSR count). The van der Waals surface area contributed by atoms with Crippen LogP contribution in [0, 0.1) is 0 Å². The van der Waals surface area contributed by atoms with Gasteiger partial charge in [0, 0.05) is 10.6 Å². The van der Waals surface area contributed by atoms with Crippen molar-refractivity contribution in [2.45, 2.75) is 6.92 Å². The van der Waals surface area contributed by atoms with E-state index in [-0.39, 0.29) is 5.91 Å². The molecule has 1 aromatic heterocycles. The average molecular weight is 325 g/mol. The van der Waals surface area contributed by atoms with Crippen LogP contribution in [0.3, 0.4) is 0 Å². The maximum Gasteiger partial charge on any atom is 0.271 e. The zero-order valence-corrected chi connectivity index (χ0v) is 13.1. The van der Waals surface area contributed by atoms with Gasteiger partial charge in [-0.2, -0.15) is 5.10 Å². The fourth-order valence-corrected chi connectivity index (χ4v) is 2.12. The number of fused-ring (bicyclic) bond motifs is 1.